The van der Waals surface area contributed by atoms with Gasteiger partial charge in [-0.2, -0.15) is 0 Å². The maximum atomic E-state index is 11.2. The Kier molecular flexibility index (Phi) is 3.24. The second-order valence-corrected chi connectivity index (χ2v) is 2.52. The number of hydrogen-bond acceptors (Lipinski definition) is 4. The van der Waals surface area contributed by atoms with Crippen LogP contribution in [-0.2, 0) is 4.79 Å². The van der Waals surface area contributed by atoms with Crippen molar-refractivity contribution < 1.29 is 24.2 Å². The molecule has 14 heavy (non-hydrogen) atoms. The standard InChI is InChI=1S/C8H9NO5/c10-4-5(8(12)13)9-7(11)6-2-1-3-14-6/h1-3,5,10H,4H2,(H,9,11)(H,12,13)/t5-/m0/s1. The second kappa shape index (κ2) is 4.43. The Morgan fingerprint density at radius 2 is 2.29 bits per heavy atom. The van der Waals surface area contributed by atoms with Crippen LogP contribution in [0, 0.1) is 0 Å². The SMILES string of the molecule is O=C(N[C@@H](CO)C(=O)O)c1ccco1. The largest absolute Gasteiger partial charge is 0.480 e. The maximum absolute atomic E-state index is 11.2. The Hall–Kier alpha value is -1.82. The number of amides is 1. The van der Waals surface area contributed by atoms with E-state index in [1.165, 1.54) is 18.4 Å². The molecule has 6 nitrogen and oxygen atoms in total. The van der Waals surface area contributed by atoms with Gasteiger partial charge in [-0.1, -0.05) is 0 Å². The summed E-state index contributed by atoms with van der Waals surface area (Å²) in [7, 11) is 0. The molecule has 0 saturated carbocycles. The van der Waals surface area contributed by atoms with E-state index in [0.29, 0.717) is 0 Å². The highest BCUT2D eigenvalue weighted by Crippen LogP contribution is 1.99. The summed E-state index contributed by atoms with van der Waals surface area (Å²) in [6.45, 7) is -0.665. The summed E-state index contributed by atoms with van der Waals surface area (Å²) in [5.41, 5.74) is 0. The summed E-state index contributed by atoms with van der Waals surface area (Å²) in [5, 5.41) is 19.2. The molecule has 1 heterocycles. The molecule has 0 aliphatic rings. The Morgan fingerprint density at radius 3 is 2.71 bits per heavy atom. The maximum Gasteiger partial charge on any atom is 0.328 e. The van der Waals surface area contributed by atoms with Gasteiger partial charge in [0.25, 0.3) is 5.91 Å². The van der Waals surface area contributed by atoms with Gasteiger partial charge in [0.15, 0.2) is 11.8 Å². The van der Waals surface area contributed by atoms with Crippen LogP contribution in [0.25, 0.3) is 0 Å². The van der Waals surface area contributed by atoms with E-state index in [4.69, 9.17) is 14.6 Å². The molecule has 3 N–H and O–H groups in total. The summed E-state index contributed by atoms with van der Waals surface area (Å²) in [6, 6.07) is 1.59. The Bertz CT molecular complexity index is 318. The Labute approximate surface area is 79.1 Å². The molecule has 6 heteroatoms. The normalized spacial score (nSPS) is 12.1. The Morgan fingerprint density at radius 1 is 1.57 bits per heavy atom. The van der Waals surface area contributed by atoms with Crippen LogP contribution >= 0.6 is 0 Å². The van der Waals surface area contributed by atoms with Crippen LogP contribution in [-0.4, -0.2) is 34.7 Å². The highest BCUT2D eigenvalue weighted by atomic mass is 16.4. The van der Waals surface area contributed by atoms with Gasteiger partial charge in [0.05, 0.1) is 12.9 Å². The molecule has 0 aliphatic heterocycles. The number of aliphatic hydroxyl groups excluding tert-OH is 1. The van der Waals surface area contributed by atoms with E-state index >= 15 is 0 Å². The quantitative estimate of drug-likeness (QED) is 0.604. The van der Waals surface area contributed by atoms with Gasteiger partial charge in [0.2, 0.25) is 0 Å². The minimum absolute atomic E-state index is 0.00435. The van der Waals surface area contributed by atoms with Crippen molar-refractivity contribution in [2.24, 2.45) is 0 Å². The summed E-state index contributed by atoms with van der Waals surface area (Å²) in [5.74, 6) is -1.96. The van der Waals surface area contributed by atoms with Crippen LogP contribution in [0.2, 0.25) is 0 Å². The molecule has 1 atom stereocenters. The van der Waals surface area contributed by atoms with Gasteiger partial charge in [-0.15, -0.1) is 0 Å². The van der Waals surface area contributed by atoms with Crippen molar-refractivity contribution >= 4 is 11.9 Å². The zero-order valence-corrected chi connectivity index (χ0v) is 7.14. The molecule has 0 unspecified atom stereocenters. The number of carboxylic acids is 1. The molecule has 1 rings (SSSR count). The molecular formula is C8H9NO5. The number of carboxylic acid groups (broad SMARTS) is 1. The van der Waals surface area contributed by atoms with E-state index in [-0.39, 0.29) is 5.76 Å². The van der Waals surface area contributed by atoms with E-state index in [1.54, 1.807) is 0 Å². The fraction of sp³-hybridized carbons (Fsp3) is 0.250. The number of carbonyl (C=O) groups excluding carboxylic acids is 1. The van der Waals surface area contributed by atoms with Gasteiger partial charge in [0, 0.05) is 0 Å². The molecule has 1 amide bonds. The van der Waals surface area contributed by atoms with E-state index < -0.39 is 24.5 Å². The summed E-state index contributed by atoms with van der Waals surface area (Å²) >= 11 is 0. The second-order valence-electron chi connectivity index (χ2n) is 2.52. The molecule has 1 aromatic rings. The summed E-state index contributed by atoms with van der Waals surface area (Å²) < 4.78 is 4.73. The van der Waals surface area contributed by atoms with Crippen molar-refractivity contribution in [2.45, 2.75) is 6.04 Å². The van der Waals surface area contributed by atoms with Crippen molar-refractivity contribution in [1.82, 2.24) is 5.32 Å². The third-order valence-corrected chi connectivity index (χ3v) is 1.53. The van der Waals surface area contributed by atoms with Crippen molar-refractivity contribution in [1.29, 1.82) is 0 Å². The first-order valence-electron chi connectivity index (χ1n) is 3.83. The fourth-order valence-electron chi connectivity index (χ4n) is 0.823. The molecule has 0 aromatic carbocycles. The predicted octanol–water partition coefficient (Wildman–Crippen LogP) is -0.545. The molecule has 0 fully saturated rings. The molecule has 0 aliphatic carbocycles. The van der Waals surface area contributed by atoms with Crippen LogP contribution in [0.5, 0.6) is 0 Å². The third-order valence-electron chi connectivity index (χ3n) is 1.53. The number of aliphatic carboxylic acids is 1. The number of furan rings is 1. The lowest BCUT2D eigenvalue weighted by atomic mass is 10.3. The van der Waals surface area contributed by atoms with Gasteiger partial charge >= 0.3 is 5.97 Å². The lowest BCUT2D eigenvalue weighted by molar-refractivity contribution is -0.140. The van der Waals surface area contributed by atoms with Crippen molar-refractivity contribution in [3.63, 3.8) is 0 Å². The van der Waals surface area contributed by atoms with Crippen molar-refractivity contribution in [3.8, 4) is 0 Å². The topological polar surface area (TPSA) is 99.8 Å². The average Bonchev–Trinajstić information content (AvgIpc) is 2.65. The van der Waals surface area contributed by atoms with Gasteiger partial charge in [0.1, 0.15) is 0 Å². The van der Waals surface area contributed by atoms with Crippen LogP contribution in [0.4, 0.5) is 0 Å². The van der Waals surface area contributed by atoms with Crippen LogP contribution in [0.15, 0.2) is 22.8 Å². The zero-order chi connectivity index (χ0) is 10.6. The molecule has 0 bridgehead atoms. The molecule has 0 radical (unpaired) electrons. The third kappa shape index (κ3) is 2.33. The molecular weight excluding hydrogens is 190 g/mol. The van der Waals surface area contributed by atoms with Crippen molar-refractivity contribution in [3.05, 3.63) is 24.2 Å². The molecule has 1 aromatic heterocycles. The lowest BCUT2D eigenvalue weighted by Crippen LogP contribution is -2.43. The van der Waals surface area contributed by atoms with E-state index in [1.807, 2.05) is 0 Å². The van der Waals surface area contributed by atoms with Crippen LogP contribution < -0.4 is 5.32 Å². The number of hydrogen-bond donors (Lipinski definition) is 3. The minimum atomic E-state index is -1.31. The highest BCUT2D eigenvalue weighted by molar-refractivity contribution is 5.94. The summed E-state index contributed by atoms with van der Waals surface area (Å²) in [6.07, 6.45) is 1.30. The van der Waals surface area contributed by atoms with Crippen LogP contribution in [0.3, 0.4) is 0 Å². The van der Waals surface area contributed by atoms with Crippen molar-refractivity contribution in [2.75, 3.05) is 6.61 Å². The molecule has 0 spiro atoms. The van der Waals surface area contributed by atoms with E-state index in [2.05, 4.69) is 5.32 Å². The summed E-state index contributed by atoms with van der Waals surface area (Å²) in [4.78, 5) is 21.6. The van der Waals surface area contributed by atoms with Gasteiger partial charge in [-0.25, -0.2) is 4.79 Å². The lowest BCUT2D eigenvalue weighted by Gasteiger charge is -2.09. The van der Waals surface area contributed by atoms with E-state index in [9.17, 15) is 9.59 Å². The van der Waals surface area contributed by atoms with Gasteiger partial charge in [-0.3, -0.25) is 4.79 Å². The molecule has 0 saturated heterocycles. The number of carbonyl (C=O) groups is 2. The number of nitrogens with one attached hydrogen (secondary N) is 1. The monoisotopic (exact) mass is 199 g/mol. The number of aliphatic hydroxyl groups is 1. The van der Waals surface area contributed by atoms with Crippen LogP contribution in [0.1, 0.15) is 10.6 Å². The first-order valence-corrected chi connectivity index (χ1v) is 3.83. The highest BCUT2D eigenvalue weighted by Gasteiger charge is 2.20. The number of rotatable bonds is 4. The van der Waals surface area contributed by atoms with Gasteiger partial charge in [-0.05, 0) is 12.1 Å². The Balaban J connectivity index is 2.60. The first-order chi connectivity index (χ1) is 6.65. The first kappa shape index (κ1) is 10.3. The van der Waals surface area contributed by atoms with Gasteiger partial charge < -0.3 is 19.9 Å². The fourth-order valence-corrected chi connectivity index (χ4v) is 0.823. The minimum Gasteiger partial charge on any atom is -0.480 e. The average molecular weight is 199 g/mol. The smallest absolute Gasteiger partial charge is 0.328 e. The predicted molar refractivity (Wildman–Crippen MR) is 44.7 cm³/mol. The zero-order valence-electron chi connectivity index (χ0n) is 7.14. The molecule has 76 valence electrons. The van der Waals surface area contributed by atoms with E-state index in [0.717, 1.165) is 0 Å².